The van der Waals surface area contributed by atoms with E-state index in [2.05, 4.69) is 50.6 Å². The van der Waals surface area contributed by atoms with Crippen molar-refractivity contribution < 1.29 is 0 Å². The number of hydrogen-bond donors (Lipinski definition) is 1. The lowest BCUT2D eigenvalue weighted by Crippen LogP contribution is -2.23. The van der Waals surface area contributed by atoms with E-state index in [1.165, 1.54) is 0 Å². The Morgan fingerprint density at radius 1 is 1.24 bits per heavy atom. The third kappa shape index (κ3) is 4.82. The van der Waals surface area contributed by atoms with E-state index in [0.717, 1.165) is 31.0 Å². The molecule has 0 radical (unpaired) electrons. The van der Waals surface area contributed by atoms with Crippen LogP contribution in [0.1, 0.15) is 25.2 Å². The van der Waals surface area contributed by atoms with Crippen LogP contribution >= 0.6 is 0 Å². The molecule has 2 rings (SSSR count). The predicted octanol–water partition coefficient (Wildman–Crippen LogP) is 1.93. The third-order valence-electron chi connectivity index (χ3n) is 3.22. The van der Waals surface area contributed by atoms with Gasteiger partial charge in [0.25, 0.3) is 0 Å². The van der Waals surface area contributed by atoms with Crippen LogP contribution in [-0.2, 0) is 13.1 Å². The van der Waals surface area contributed by atoms with E-state index < -0.39 is 0 Å². The lowest BCUT2D eigenvalue weighted by atomic mass is 10.3. The second-order valence-corrected chi connectivity index (χ2v) is 5.62. The number of rotatable bonds is 7. The van der Waals surface area contributed by atoms with Crippen molar-refractivity contribution >= 4 is 5.95 Å². The van der Waals surface area contributed by atoms with E-state index in [4.69, 9.17) is 0 Å². The molecule has 0 bridgehead atoms. The molecule has 0 aromatic carbocycles. The summed E-state index contributed by atoms with van der Waals surface area (Å²) in [6.07, 6.45) is 7.62. The average molecular weight is 288 g/mol. The van der Waals surface area contributed by atoms with E-state index in [9.17, 15) is 0 Å². The van der Waals surface area contributed by atoms with Gasteiger partial charge in [-0.1, -0.05) is 0 Å². The topological polar surface area (TPSA) is 58.9 Å². The van der Waals surface area contributed by atoms with Gasteiger partial charge < -0.3 is 14.8 Å². The molecule has 0 aliphatic rings. The number of aromatic nitrogens is 4. The van der Waals surface area contributed by atoms with Crippen LogP contribution < -0.4 is 5.32 Å². The number of hydrogen-bond acceptors (Lipinski definition) is 5. The zero-order chi connectivity index (χ0) is 15.2. The van der Waals surface area contributed by atoms with Crippen LogP contribution in [0.3, 0.4) is 0 Å². The highest BCUT2D eigenvalue weighted by Gasteiger charge is 2.04. The molecule has 6 heteroatoms. The molecule has 0 aliphatic heterocycles. The molecule has 21 heavy (non-hydrogen) atoms. The fourth-order valence-electron chi connectivity index (χ4n) is 2.08. The maximum absolute atomic E-state index is 4.33. The van der Waals surface area contributed by atoms with Crippen LogP contribution in [0.15, 0.2) is 24.8 Å². The van der Waals surface area contributed by atoms with Gasteiger partial charge in [-0.25, -0.2) is 15.0 Å². The van der Waals surface area contributed by atoms with Gasteiger partial charge in [-0.15, -0.1) is 0 Å². The van der Waals surface area contributed by atoms with Crippen molar-refractivity contribution in [1.29, 1.82) is 0 Å². The van der Waals surface area contributed by atoms with Gasteiger partial charge in [-0.05, 0) is 27.8 Å². The van der Waals surface area contributed by atoms with E-state index in [1.54, 1.807) is 0 Å². The molecule has 0 aliphatic carbocycles. The molecular formula is C15H24N6. The molecule has 0 amide bonds. The SMILES string of the molecule is Cc1nccn1CCN(C)Cc1cnc(NC(C)C)nc1. The molecule has 0 fully saturated rings. The third-order valence-corrected chi connectivity index (χ3v) is 3.22. The highest BCUT2D eigenvalue weighted by Crippen LogP contribution is 2.05. The largest absolute Gasteiger partial charge is 0.352 e. The number of imidazole rings is 1. The Bertz CT molecular complexity index is 546. The molecule has 2 heterocycles. The van der Waals surface area contributed by atoms with E-state index in [0.29, 0.717) is 12.0 Å². The van der Waals surface area contributed by atoms with Crippen molar-refractivity contribution in [3.63, 3.8) is 0 Å². The normalized spacial score (nSPS) is 11.3. The minimum Gasteiger partial charge on any atom is -0.352 e. The Morgan fingerprint density at radius 3 is 2.52 bits per heavy atom. The van der Waals surface area contributed by atoms with Crippen LogP contribution in [0.2, 0.25) is 0 Å². The lowest BCUT2D eigenvalue weighted by Gasteiger charge is -2.17. The van der Waals surface area contributed by atoms with Crippen LogP contribution in [0, 0.1) is 6.92 Å². The summed E-state index contributed by atoms with van der Waals surface area (Å²) in [5.74, 6) is 1.74. The van der Waals surface area contributed by atoms with Crippen LogP contribution in [0.4, 0.5) is 5.95 Å². The van der Waals surface area contributed by atoms with Gasteiger partial charge in [0.05, 0.1) is 0 Å². The Kier molecular flexibility index (Phi) is 5.27. The maximum atomic E-state index is 4.33. The Balaban J connectivity index is 1.82. The van der Waals surface area contributed by atoms with Gasteiger partial charge in [0.1, 0.15) is 5.82 Å². The first-order valence-electron chi connectivity index (χ1n) is 7.28. The monoisotopic (exact) mass is 288 g/mol. The summed E-state index contributed by atoms with van der Waals surface area (Å²) in [5, 5.41) is 3.19. The van der Waals surface area contributed by atoms with E-state index >= 15 is 0 Å². The molecule has 0 saturated heterocycles. The summed E-state index contributed by atoms with van der Waals surface area (Å²) in [7, 11) is 2.10. The second kappa shape index (κ2) is 7.17. The minimum atomic E-state index is 0.344. The standard InChI is InChI=1S/C15H24N6/c1-12(2)19-15-17-9-14(10-18-15)11-20(4)7-8-21-6-5-16-13(21)3/h5-6,9-10,12H,7-8,11H2,1-4H3,(H,17,18,19). The van der Waals surface area contributed by atoms with Crippen molar-refractivity contribution in [3.05, 3.63) is 36.2 Å². The van der Waals surface area contributed by atoms with Gasteiger partial charge >= 0.3 is 0 Å². The first kappa shape index (κ1) is 15.4. The van der Waals surface area contributed by atoms with Gasteiger partial charge in [0.2, 0.25) is 5.95 Å². The van der Waals surface area contributed by atoms with Crippen molar-refractivity contribution in [3.8, 4) is 0 Å². The number of aryl methyl sites for hydroxylation is 1. The predicted molar refractivity (Wildman–Crippen MR) is 84.1 cm³/mol. The maximum Gasteiger partial charge on any atom is 0.222 e. The van der Waals surface area contributed by atoms with E-state index in [1.807, 2.05) is 31.7 Å². The summed E-state index contributed by atoms with van der Waals surface area (Å²) in [6.45, 7) is 8.91. The summed E-state index contributed by atoms with van der Waals surface area (Å²) in [5.41, 5.74) is 1.12. The summed E-state index contributed by atoms with van der Waals surface area (Å²) < 4.78 is 2.16. The summed E-state index contributed by atoms with van der Waals surface area (Å²) >= 11 is 0. The molecule has 0 saturated carbocycles. The second-order valence-electron chi connectivity index (χ2n) is 5.62. The molecule has 0 atom stereocenters. The van der Waals surface area contributed by atoms with Gasteiger partial charge in [-0.3, -0.25) is 0 Å². The number of likely N-dealkylation sites (N-methyl/N-ethyl adjacent to an activating group) is 1. The van der Waals surface area contributed by atoms with E-state index in [-0.39, 0.29) is 0 Å². The van der Waals surface area contributed by atoms with Gasteiger partial charge in [0, 0.05) is 56.0 Å². The molecule has 6 nitrogen and oxygen atoms in total. The van der Waals surface area contributed by atoms with Gasteiger partial charge in [0.15, 0.2) is 0 Å². The van der Waals surface area contributed by atoms with Crippen LogP contribution in [0.5, 0.6) is 0 Å². The molecule has 1 N–H and O–H groups in total. The Morgan fingerprint density at radius 2 is 1.95 bits per heavy atom. The smallest absolute Gasteiger partial charge is 0.222 e. The lowest BCUT2D eigenvalue weighted by molar-refractivity contribution is 0.309. The van der Waals surface area contributed by atoms with Gasteiger partial charge in [-0.2, -0.15) is 0 Å². The Labute approximate surface area is 126 Å². The zero-order valence-electron chi connectivity index (χ0n) is 13.2. The molecule has 114 valence electrons. The Hall–Kier alpha value is -1.95. The van der Waals surface area contributed by atoms with Crippen molar-refractivity contribution in [1.82, 2.24) is 24.4 Å². The van der Waals surface area contributed by atoms with Crippen molar-refractivity contribution in [2.24, 2.45) is 0 Å². The van der Waals surface area contributed by atoms with Crippen LogP contribution in [-0.4, -0.2) is 44.1 Å². The molecular weight excluding hydrogens is 264 g/mol. The minimum absolute atomic E-state index is 0.344. The highest BCUT2D eigenvalue weighted by molar-refractivity contribution is 5.25. The number of anilines is 1. The summed E-state index contributed by atoms with van der Waals surface area (Å²) in [4.78, 5) is 15.2. The van der Waals surface area contributed by atoms with Crippen LogP contribution in [0.25, 0.3) is 0 Å². The number of nitrogens with one attached hydrogen (secondary N) is 1. The quantitative estimate of drug-likeness (QED) is 0.843. The zero-order valence-corrected chi connectivity index (χ0v) is 13.2. The first-order chi connectivity index (χ1) is 10.0. The van der Waals surface area contributed by atoms with Crippen molar-refractivity contribution in [2.45, 2.75) is 39.9 Å². The first-order valence-corrected chi connectivity index (χ1v) is 7.28. The van der Waals surface area contributed by atoms with Crippen molar-refractivity contribution in [2.75, 3.05) is 18.9 Å². The highest BCUT2D eigenvalue weighted by atomic mass is 15.1. The summed E-state index contributed by atoms with van der Waals surface area (Å²) in [6, 6.07) is 0.344. The fourth-order valence-corrected chi connectivity index (χ4v) is 2.08. The molecule has 2 aromatic rings. The fraction of sp³-hybridized carbons (Fsp3) is 0.533. The number of nitrogens with zero attached hydrogens (tertiary/aromatic N) is 5. The molecule has 0 unspecified atom stereocenters. The average Bonchev–Trinajstić information content (AvgIpc) is 2.84. The molecule has 0 spiro atoms. The molecule has 2 aromatic heterocycles.